The maximum absolute atomic E-state index is 13.0. The van der Waals surface area contributed by atoms with Crippen molar-refractivity contribution in [2.45, 2.75) is 24.4 Å². The molecule has 0 saturated carbocycles. The van der Waals surface area contributed by atoms with Crippen LogP contribution in [0.3, 0.4) is 0 Å². The molecule has 2 saturated heterocycles. The Morgan fingerprint density at radius 1 is 1.42 bits per heavy atom. The number of likely N-dealkylation sites (tertiary alicyclic amines) is 1. The lowest BCUT2D eigenvalue weighted by Crippen LogP contribution is -2.40. The van der Waals surface area contributed by atoms with Crippen LogP contribution in [-0.4, -0.2) is 48.9 Å². The van der Waals surface area contributed by atoms with Gasteiger partial charge in [0.2, 0.25) is 5.91 Å². The zero-order valence-corrected chi connectivity index (χ0v) is 13.7. The van der Waals surface area contributed by atoms with E-state index in [1.807, 2.05) is 41.3 Å². The standard InChI is InChI=1S/C19H21NO4/c1-3-10-23-17-15-8-9-19(24-15)12-20(18(21)16(17)19)11-13-4-6-14(22-2)7-5-13/h3-9,15-17H,1,10-12H2,2H3/t15-,16+,17+,19-/m1/s1. The third-order valence-corrected chi connectivity index (χ3v) is 5.06. The molecule has 1 spiro atoms. The van der Waals surface area contributed by atoms with Crippen molar-refractivity contribution in [3.8, 4) is 5.75 Å². The highest BCUT2D eigenvalue weighted by atomic mass is 16.6. The maximum atomic E-state index is 13.0. The Hall–Kier alpha value is -2.11. The summed E-state index contributed by atoms with van der Waals surface area (Å²) >= 11 is 0. The molecule has 1 aromatic rings. The van der Waals surface area contributed by atoms with E-state index < -0.39 is 5.60 Å². The van der Waals surface area contributed by atoms with E-state index >= 15 is 0 Å². The molecule has 5 nitrogen and oxygen atoms in total. The van der Waals surface area contributed by atoms with Crippen molar-refractivity contribution in [1.29, 1.82) is 0 Å². The average Bonchev–Trinajstić information content (AvgIpc) is 3.23. The maximum Gasteiger partial charge on any atom is 0.232 e. The number of rotatable bonds is 6. The van der Waals surface area contributed by atoms with E-state index in [0.717, 1.165) is 11.3 Å². The topological polar surface area (TPSA) is 48.0 Å². The van der Waals surface area contributed by atoms with Crippen molar-refractivity contribution in [1.82, 2.24) is 4.90 Å². The number of carbonyl (C=O) groups excluding carboxylic acids is 1. The summed E-state index contributed by atoms with van der Waals surface area (Å²) < 4.78 is 17.1. The van der Waals surface area contributed by atoms with Gasteiger partial charge in [0.15, 0.2) is 0 Å². The Labute approximate surface area is 141 Å². The van der Waals surface area contributed by atoms with Crippen molar-refractivity contribution in [3.05, 3.63) is 54.6 Å². The van der Waals surface area contributed by atoms with Crippen molar-refractivity contribution < 1.29 is 19.0 Å². The first-order chi connectivity index (χ1) is 11.7. The molecule has 0 unspecified atom stereocenters. The molecular weight excluding hydrogens is 306 g/mol. The second-order valence-corrected chi connectivity index (χ2v) is 6.50. The van der Waals surface area contributed by atoms with Gasteiger partial charge >= 0.3 is 0 Å². The number of ether oxygens (including phenoxy) is 3. The van der Waals surface area contributed by atoms with Gasteiger partial charge in [-0.1, -0.05) is 30.4 Å². The Morgan fingerprint density at radius 3 is 2.92 bits per heavy atom. The van der Waals surface area contributed by atoms with E-state index in [9.17, 15) is 4.79 Å². The van der Waals surface area contributed by atoms with Crippen LogP contribution >= 0.6 is 0 Å². The molecule has 3 aliphatic rings. The first kappa shape index (κ1) is 15.4. The first-order valence-electron chi connectivity index (χ1n) is 8.18. The van der Waals surface area contributed by atoms with Gasteiger partial charge in [0.05, 0.1) is 20.3 Å². The average molecular weight is 327 g/mol. The molecule has 2 bridgehead atoms. The van der Waals surface area contributed by atoms with Crippen LogP contribution in [-0.2, 0) is 20.8 Å². The SMILES string of the molecule is C=CCO[C@@H]1[C@H]2C(=O)N(Cc3ccc(OC)cc3)C[C@]23C=C[C@H]1O3. The predicted molar refractivity (Wildman–Crippen MR) is 88.6 cm³/mol. The molecule has 3 heterocycles. The molecule has 4 atom stereocenters. The van der Waals surface area contributed by atoms with Crippen LogP contribution in [0.4, 0.5) is 0 Å². The van der Waals surface area contributed by atoms with E-state index in [1.165, 1.54) is 0 Å². The Bertz CT molecular complexity index is 683. The summed E-state index contributed by atoms with van der Waals surface area (Å²) in [5.41, 5.74) is 0.544. The lowest BCUT2D eigenvalue weighted by molar-refractivity contribution is -0.135. The van der Waals surface area contributed by atoms with Crippen LogP contribution in [0.15, 0.2) is 49.1 Å². The minimum Gasteiger partial charge on any atom is -0.497 e. The second kappa shape index (κ2) is 5.76. The highest BCUT2D eigenvalue weighted by Gasteiger charge is 2.65. The fourth-order valence-electron chi connectivity index (χ4n) is 3.98. The molecule has 0 N–H and O–H groups in total. The van der Waals surface area contributed by atoms with E-state index in [2.05, 4.69) is 6.58 Å². The largest absolute Gasteiger partial charge is 0.497 e. The van der Waals surface area contributed by atoms with Gasteiger partial charge in [-0.3, -0.25) is 4.79 Å². The van der Waals surface area contributed by atoms with Gasteiger partial charge in [0.1, 0.15) is 29.5 Å². The van der Waals surface area contributed by atoms with Crippen molar-refractivity contribution in [2.24, 2.45) is 5.92 Å². The minimum atomic E-state index is -0.528. The van der Waals surface area contributed by atoms with Crippen molar-refractivity contribution in [3.63, 3.8) is 0 Å². The van der Waals surface area contributed by atoms with Gasteiger partial charge in [0.25, 0.3) is 0 Å². The summed E-state index contributed by atoms with van der Waals surface area (Å²) in [6, 6.07) is 7.79. The summed E-state index contributed by atoms with van der Waals surface area (Å²) in [4.78, 5) is 14.8. The first-order valence-corrected chi connectivity index (χ1v) is 8.18. The van der Waals surface area contributed by atoms with Crippen LogP contribution in [0, 0.1) is 5.92 Å². The molecule has 0 radical (unpaired) electrons. The van der Waals surface area contributed by atoms with Crippen LogP contribution in [0.2, 0.25) is 0 Å². The lowest BCUT2D eigenvalue weighted by atomic mass is 9.83. The number of benzene rings is 1. The molecule has 3 aliphatic heterocycles. The Balaban J connectivity index is 1.52. The van der Waals surface area contributed by atoms with Crippen LogP contribution in [0.5, 0.6) is 5.75 Å². The third-order valence-electron chi connectivity index (χ3n) is 5.06. The van der Waals surface area contributed by atoms with Crippen LogP contribution in [0.25, 0.3) is 0 Å². The number of hydrogen-bond acceptors (Lipinski definition) is 4. The molecule has 0 aromatic heterocycles. The molecule has 0 aliphatic carbocycles. The molecule has 4 rings (SSSR count). The van der Waals surface area contributed by atoms with Gasteiger partial charge in [-0.05, 0) is 17.7 Å². The van der Waals surface area contributed by atoms with Gasteiger partial charge in [-0.2, -0.15) is 0 Å². The summed E-state index contributed by atoms with van der Waals surface area (Å²) in [5.74, 6) is 0.655. The highest BCUT2D eigenvalue weighted by molar-refractivity contribution is 5.85. The minimum absolute atomic E-state index is 0.103. The van der Waals surface area contributed by atoms with Crippen molar-refractivity contribution >= 4 is 5.91 Å². The number of fused-ring (bicyclic) bond motifs is 1. The normalized spacial score (nSPS) is 33.1. The van der Waals surface area contributed by atoms with E-state index in [0.29, 0.717) is 19.7 Å². The number of hydrogen-bond donors (Lipinski definition) is 0. The molecule has 126 valence electrons. The molecule has 1 amide bonds. The van der Waals surface area contributed by atoms with Gasteiger partial charge in [0, 0.05) is 6.54 Å². The van der Waals surface area contributed by atoms with Crippen LogP contribution < -0.4 is 4.74 Å². The van der Waals surface area contributed by atoms with Gasteiger partial charge in [-0.25, -0.2) is 0 Å². The monoisotopic (exact) mass is 327 g/mol. The zero-order valence-electron chi connectivity index (χ0n) is 13.7. The van der Waals surface area contributed by atoms with E-state index in [1.54, 1.807) is 13.2 Å². The predicted octanol–water partition coefficient (Wildman–Crippen LogP) is 1.93. The lowest BCUT2D eigenvalue weighted by Gasteiger charge is -2.23. The number of carbonyl (C=O) groups is 1. The second-order valence-electron chi connectivity index (χ2n) is 6.50. The number of methoxy groups -OCH3 is 1. The smallest absolute Gasteiger partial charge is 0.232 e. The number of amides is 1. The van der Waals surface area contributed by atoms with Gasteiger partial charge in [-0.15, -0.1) is 6.58 Å². The fraction of sp³-hybridized carbons (Fsp3) is 0.421. The van der Waals surface area contributed by atoms with E-state index in [4.69, 9.17) is 14.2 Å². The van der Waals surface area contributed by atoms with E-state index in [-0.39, 0.29) is 24.0 Å². The molecule has 2 fully saturated rings. The summed E-state index contributed by atoms with van der Waals surface area (Å²) in [7, 11) is 1.64. The summed E-state index contributed by atoms with van der Waals surface area (Å²) in [6.45, 7) is 5.25. The van der Waals surface area contributed by atoms with Crippen LogP contribution in [0.1, 0.15) is 5.56 Å². The molecule has 5 heteroatoms. The quantitative estimate of drug-likeness (QED) is 0.749. The number of nitrogens with zero attached hydrogens (tertiary/aromatic N) is 1. The Kier molecular flexibility index (Phi) is 3.70. The Morgan fingerprint density at radius 2 is 2.21 bits per heavy atom. The zero-order chi connectivity index (χ0) is 16.7. The summed E-state index contributed by atoms with van der Waals surface area (Å²) in [6.07, 6.45) is 5.43. The fourth-order valence-corrected chi connectivity index (χ4v) is 3.98. The van der Waals surface area contributed by atoms with Crippen molar-refractivity contribution in [2.75, 3.05) is 20.3 Å². The molecular formula is C19H21NO4. The van der Waals surface area contributed by atoms with Gasteiger partial charge < -0.3 is 19.1 Å². The molecule has 24 heavy (non-hydrogen) atoms. The summed E-state index contributed by atoms with van der Waals surface area (Å²) in [5, 5.41) is 0. The third kappa shape index (κ3) is 2.27. The molecule has 1 aromatic carbocycles. The highest BCUT2D eigenvalue weighted by Crippen LogP contribution is 2.49.